The van der Waals surface area contributed by atoms with Gasteiger partial charge in [0.25, 0.3) is 0 Å². The Hall–Kier alpha value is -2.01. The molecule has 0 unspecified atom stereocenters. The van der Waals surface area contributed by atoms with Gasteiger partial charge in [-0.15, -0.1) is 0 Å². The SMILES string of the molecule is CCN(CC)CCCNC(=O)/C(C)=C/c1ccc(OC)c(OC)c1. The summed E-state index contributed by atoms with van der Waals surface area (Å²) in [6.45, 7) is 9.90. The number of rotatable bonds is 10. The molecule has 0 aliphatic heterocycles. The molecule has 0 aliphatic carbocycles. The zero-order valence-electron chi connectivity index (χ0n) is 15.5. The van der Waals surface area contributed by atoms with Gasteiger partial charge in [-0.3, -0.25) is 4.79 Å². The molecular formula is C19H30N2O3. The lowest BCUT2D eigenvalue weighted by molar-refractivity contribution is -0.117. The second-order valence-corrected chi connectivity index (χ2v) is 5.58. The highest BCUT2D eigenvalue weighted by atomic mass is 16.5. The summed E-state index contributed by atoms with van der Waals surface area (Å²) < 4.78 is 10.5. The fraction of sp³-hybridized carbons (Fsp3) is 0.526. The average Bonchev–Trinajstić information content (AvgIpc) is 2.61. The van der Waals surface area contributed by atoms with Gasteiger partial charge in [-0.1, -0.05) is 19.9 Å². The largest absolute Gasteiger partial charge is 0.493 e. The van der Waals surface area contributed by atoms with Gasteiger partial charge < -0.3 is 19.7 Å². The van der Waals surface area contributed by atoms with Crippen molar-refractivity contribution in [3.8, 4) is 11.5 Å². The summed E-state index contributed by atoms with van der Waals surface area (Å²) in [4.78, 5) is 14.5. The molecule has 0 saturated heterocycles. The molecule has 0 bridgehead atoms. The molecule has 0 atom stereocenters. The smallest absolute Gasteiger partial charge is 0.246 e. The number of carbonyl (C=O) groups is 1. The van der Waals surface area contributed by atoms with Crippen molar-refractivity contribution in [1.82, 2.24) is 10.2 Å². The molecule has 0 saturated carbocycles. The molecule has 5 nitrogen and oxygen atoms in total. The van der Waals surface area contributed by atoms with Crippen molar-refractivity contribution in [2.24, 2.45) is 0 Å². The quantitative estimate of drug-likeness (QED) is 0.528. The van der Waals surface area contributed by atoms with Gasteiger partial charge in [0.1, 0.15) is 0 Å². The lowest BCUT2D eigenvalue weighted by Gasteiger charge is -2.17. The number of hydrogen-bond acceptors (Lipinski definition) is 4. The number of methoxy groups -OCH3 is 2. The van der Waals surface area contributed by atoms with E-state index in [9.17, 15) is 4.79 Å². The highest BCUT2D eigenvalue weighted by Crippen LogP contribution is 2.28. The van der Waals surface area contributed by atoms with Gasteiger partial charge in [0.05, 0.1) is 14.2 Å². The third-order valence-electron chi connectivity index (χ3n) is 3.98. The van der Waals surface area contributed by atoms with Crippen LogP contribution in [0.2, 0.25) is 0 Å². The predicted molar refractivity (Wildman–Crippen MR) is 98.6 cm³/mol. The summed E-state index contributed by atoms with van der Waals surface area (Å²) in [5.41, 5.74) is 1.58. The maximum Gasteiger partial charge on any atom is 0.246 e. The van der Waals surface area contributed by atoms with Crippen LogP contribution >= 0.6 is 0 Å². The Bertz CT molecular complexity index is 552. The van der Waals surface area contributed by atoms with Crippen LogP contribution < -0.4 is 14.8 Å². The summed E-state index contributed by atoms with van der Waals surface area (Å²) in [7, 11) is 3.20. The van der Waals surface area contributed by atoms with Gasteiger partial charge in [-0.05, 0) is 56.8 Å². The number of hydrogen-bond donors (Lipinski definition) is 1. The van der Waals surface area contributed by atoms with E-state index in [1.54, 1.807) is 14.2 Å². The van der Waals surface area contributed by atoms with Crippen LogP contribution in [0.5, 0.6) is 11.5 Å². The molecule has 1 N–H and O–H groups in total. The molecule has 0 aliphatic rings. The summed E-state index contributed by atoms with van der Waals surface area (Å²) in [5, 5.41) is 2.97. The molecule has 5 heteroatoms. The fourth-order valence-electron chi connectivity index (χ4n) is 2.44. The minimum Gasteiger partial charge on any atom is -0.493 e. The Balaban J connectivity index is 2.57. The first-order chi connectivity index (χ1) is 11.5. The monoisotopic (exact) mass is 334 g/mol. The van der Waals surface area contributed by atoms with E-state index in [2.05, 4.69) is 24.1 Å². The Kier molecular flexibility index (Phi) is 8.94. The Morgan fingerprint density at radius 1 is 1.17 bits per heavy atom. The van der Waals surface area contributed by atoms with Crippen molar-refractivity contribution < 1.29 is 14.3 Å². The van der Waals surface area contributed by atoms with Crippen LogP contribution in [0.25, 0.3) is 6.08 Å². The molecule has 24 heavy (non-hydrogen) atoms. The van der Waals surface area contributed by atoms with E-state index in [1.165, 1.54) is 0 Å². The molecule has 0 fully saturated rings. The minimum absolute atomic E-state index is 0.0377. The van der Waals surface area contributed by atoms with Crippen LogP contribution in [-0.2, 0) is 4.79 Å². The summed E-state index contributed by atoms with van der Waals surface area (Å²) in [6, 6.07) is 5.59. The van der Waals surface area contributed by atoms with Crippen LogP contribution in [-0.4, -0.2) is 51.2 Å². The zero-order chi connectivity index (χ0) is 17.9. The first-order valence-electron chi connectivity index (χ1n) is 8.46. The Morgan fingerprint density at radius 2 is 1.83 bits per heavy atom. The van der Waals surface area contributed by atoms with E-state index in [0.717, 1.165) is 31.6 Å². The third kappa shape index (κ3) is 6.24. The molecule has 134 valence electrons. The number of nitrogens with zero attached hydrogens (tertiary/aromatic N) is 1. The van der Waals surface area contributed by atoms with Crippen molar-refractivity contribution in [3.63, 3.8) is 0 Å². The highest BCUT2D eigenvalue weighted by Gasteiger charge is 2.07. The van der Waals surface area contributed by atoms with E-state index < -0.39 is 0 Å². The second-order valence-electron chi connectivity index (χ2n) is 5.58. The summed E-state index contributed by atoms with van der Waals surface area (Å²) in [5.74, 6) is 1.29. The topological polar surface area (TPSA) is 50.8 Å². The van der Waals surface area contributed by atoms with Crippen LogP contribution in [0.3, 0.4) is 0 Å². The first-order valence-corrected chi connectivity index (χ1v) is 8.46. The molecule has 1 aromatic rings. The predicted octanol–water partition coefficient (Wildman–Crippen LogP) is 2.96. The average molecular weight is 334 g/mol. The molecule has 1 aromatic carbocycles. The van der Waals surface area contributed by atoms with Crippen molar-refractivity contribution in [2.75, 3.05) is 40.4 Å². The van der Waals surface area contributed by atoms with Crippen molar-refractivity contribution >= 4 is 12.0 Å². The van der Waals surface area contributed by atoms with Crippen LogP contribution in [0, 0.1) is 0 Å². The minimum atomic E-state index is -0.0377. The van der Waals surface area contributed by atoms with Crippen LogP contribution in [0.4, 0.5) is 0 Å². The van der Waals surface area contributed by atoms with Gasteiger partial charge in [0, 0.05) is 12.1 Å². The van der Waals surface area contributed by atoms with Crippen LogP contribution in [0.15, 0.2) is 23.8 Å². The third-order valence-corrected chi connectivity index (χ3v) is 3.98. The molecule has 0 aromatic heterocycles. The summed E-state index contributed by atoms with van der Waals surface area (Å²) >= 11 is 0. The lowest BCUT2D eigenvalue weighted by Crippen LogP contribution is -2.30. The van der Waals surface area contributed by atoms with Crippen molar-refractivity contribution in [2.45, 2.75) is 27.2 Å². The number of ether oxygens (including phenoxy) is 2. The Morgan fingerprint density at radius 3 is 2.42 bits per heavy atom. The number of amides is 1. The molecule has 0 spiro atoms. The first kappa shape index (κ1) is 20.0. The standard InChI is InChI=1S/C19H30N2O3/c1-6-21(7-2)12-8-11-20-19(22)15(3)13-16-9-10-17(23-4)18(14-16)24-5/h9-10,13-14H,6-8,11-12H2,1-5H3,(H,20,22)/b15-13+. The van der Waals surface area contributed by atoms with Gasteiger partial charge >= 0.3 is 0 Å². The van der Waals surface area contributed by atoms with E-state index in [-0.39, 0.29) is 5.91 Å². The lowest BCUT2D eigenvalue weighted by atomic mass is 10.1. The van der Waals surface area contributed by atoms with Crippen LogP contribution in [0.1, 0.15) is 32.8 Å². The van der Waals surface area contributed by atoms with Gasteiger partial charge in [-0.2, -0.15) is 0 Å². The van der Waals surface area contributed by atoms with E-state index in [4.69, 9.17) is 9.47 Å². The molecular weight excluding hydrogens is 304 g/mol. The van der Waals surface area contributed by atoms with Gasteiger partial charge in [0.15, 0.2) is 11.5 Å². The van der Waals surface area contributed by atoms with Crippen molar-refractivity contribution in [1.29, 1.82) is 0 Å². The van der Waals surface area contributed by atoms with E-state index in [1.807, 2.05) is 31.2 Å². The maximum atomic E-state index is 12.2. The molecule has 0 radical (unpaired) electrons. The Labute approximate surface area is 145 Å². The summed E-state index contributed by atoms with van der Waals surface area (Å²) in [6.07, 6.45) is 2.80. The number of carbonyl (C=O) groups excluding carboxylic acids is 1. The van der Waals surface area contributed by atoms with Gasteiger partial charge in [-0.25, -0.2) is 0 Å². The second kappa shape index (κ2) is 10.7. The zero-order valence-corrected chi connectivity index (χ0v) is 15.5. The maximum absolute atomic E-state index is 12.2. The van der Waals surface area contributed by atoms with E-state index in [0.29, 0.717) is 23.6 Å². The molecule has 0 heterocycles. The van der Waals surface area contributed by atoms with Gasteiger partial charge in [0.2, 0.25) is 5.91 Å². The fourth-order valence-corrected chi connectivity index (χ4v) is 2.44. The highest BCUT2D eigenvalue weighted by molar-refractivity contribution is 5.97. The number of nitrogens with one attached hydrogen (secondary N) is 1. The normalized spacial score (nSPS) is 11.5. The van der Waals surface area contributed by atoms with Crippen molar-refractivity contribution in [3.05, 3.63) is 29.3 Å². The molecule has 1 rings (SSSR count). The number of benzene rings is 1. The van der Waals surface area contributed by atoms with E-state index >= 15 is 0 Å². The molecule has 1 amide bonds.